The molecule has 134 valence electrons. The van der Waals surface area contributed by atoms with Crippen LogP contribution in [0.3, 0.4) is 0 Å². The zero-order chi connectivity index (χ0) is 18.5. The largest absolute Gasteiger partial charge is 0.497 e. The predicted octanol–water partition coefficient (Wildman–Crippen LogP) is 3.03. The van der Waals surface area contributed by atoms with E-state index < -0.39 is 0 Å². The molecule has 1 aliphatic heterocycles. The molecule has 5 heteroatoms. The Labute approximate surface area is 154 Å². The van der Waals surface area contributed by atoms with Crippen molar-refractivity contribution in [3.63, 3.8) is 0 Å². The Morgan fingerprint density at radius 3 is 2.19 bits per heavy atom. The smallest absolute Gasteiger partial charge is 0.253 e. The van der Waals surface area contributed by atoms with Gasteiger partial charge in [0.1, 0.15) is 11.8 Å². The number of hydrogen-bond acceptors (Lipinski definition) is 4. The normalized spacial score (nSPS) is 16.0. The average Bonchev–Trinajstić information content (AvgIpc) is 2.70. The van der Waals surface area contributed by atoms with Crippen LogP contribution < -0.4 is 4.74 Å². The number of nitrogens with zero attached hydrogens (tertiary/aromatic N) is 3. The highest BCUT2D eigenvalue weighted by atomic mass is 16.5. The van der Waals surface area contributed by atoms with Crippen molar-refractivity contribution < 1.29 is 9.53 Å². The molecule has 26 heavy (non-hydrogen) atoms. The fourth-order valence-corrected chi connectivity index (χ4v) is 3.22. The van der Waals surface area contributed by atoms with Crippen LogP contribution in [0.5, 0.6) is 5.75 Å². The predicted molar refractivity (Wildman–Crippen MR) is 100 cm³/mol. The summed E-state index contributed by atoms with van der Waals surface area (Å²) in [6.07, 6.45) is 0. The molecule has 2 aromatic carbocycles. The maximum absolute atomic E-state index is 12.6. The van der Waals surface area contributed by atoms with Crippen molar-refractivity contribution in [2.45, 2.75) is 13.0 Å². The van der Waals surface area contributed by atoms with Gasteiger partial charge in [-0.15, -0.1) is 0 Å². The second-order valence-corrected chi connectivity index (χ2v) is 6.50. The van der Waals surface area contributed by atoms with Crippen molar-refractivity contribution >= 4 is 5.91 Å². The molecule has 1 fully saturated rings. The first-order valence-electron chi connectivity index (χ1n) is 8.76. The molecular weight excluding hydrogens is 326 g/mol. The van der Waals surface area contributed by atoms with Gasteiger partial charge in [0.05, 0.1) is 13.2 Å². The van der Waals surface area contributed by atoms with E-state index in [4.69, 9.17) is 4.74 Å². The van der Waals surface area contributed by atoms with Crippen molar-refractivity contribution in [1.29, 1.82) is 5.26 Å². The minimum Gasteiger partial charge on any atom is -0.497 e. The van der Waals surface area contributed by atoms with Gasteiger partial charge in [0.25, 0.3) is 5.91 Å². The molecule has 0 spiro atoms. The number of carbonyl (C=O) groups is 1. The van der Waals surface area contributed by atoms with Crippen LogP contribution in [-0.2, 0) is 0 Å². The lowest BCUT2D eigenvalue weighted by Crippen LogP contribution is -2.49. The summed E-state index contributed by atoms with van der Waals surface area (Å²) >= 11 is 0. The number of rotatable bonds is 4. The highest BCUT2D eigenvalue weighted by Crippen LogP contribution is 2.24. The van der Waals surface area contributed by atoms with Crippen molar-refractivity contribution in [3.8, 4) is 11.8 Å². The van der Waals surface area contributed by atoms with Crippen molar-refractivity contribution in [2.75, 3.05) is 33.3 Å². The third-order valence-electron chi connectivity index (χ3n) is 4.82. The summed E-state index contributed by atoms with van der Waals surface area (Å²) in [5.74, 6) is 0.835. The Morgan fingerprint density at radius 1 is 1.04 bits per heavy atom. The molecule has 1 aliphatic rings. The Bertz CT molecular complexity index is 786. The molecule has 1 unspecified atom stereocenters. The third kappa shape index (κ3) is 3.87. The van der Waals surface area contributed by atoms with E-state index in [1.54, 1.807) is 7.11 Å². The molecule has 0 radical (unpaired) electrons. The Hall–Kier alpha value is -2.84. The first kappa shape index (κ1) is 18.0. The topological polar surface area (TPSA) is 56.6 Å². The molecule has 2 aromatic rings. The second-order valence-electron chi connectivity index (χ2n) is 6.50. The second kappa shape index (κ2) is 8.03. The van der Waals surface area contributed by atoms with Gasteiger partial charge < -0.3 is 9.64 Å². The van der Waals surface area contributed by atoms with Gasteiger partial charge in [0.2, 0.25) is 0 Å². The van der Waals surface area contributed by atoms with E-state index in [1.165, 1.54) is 0 Å². The molecule has 0 bridgehead atoms. The molecule has 0 aromatic heterocycles. The van der Waals surface area contributed by atoms with E-state index in [1.807, 2.05) is 60.4 Å². The van der Waals surface area contributed by atoms with Gasteiger partial charge in [0.15, 0.2) is 0 Å². The molecule has 5 nitrogen and oxygen atoms in total. The standard InChI is InChI=1S/C21H23N3O2/c1-16-3-5-18(6-4-16)21(25)24-13-11-23(12-14-24)20(15-22)17-7-9-19(26-2)10-8-17/h3-10,20H,11-14H2,1-2H3. The van der Waals surface area contributed by atoms with Gasteiger partial charge >= 0.3 is 0 Å². The van der Waals surface area contributed by atoms with Crippen LogP contribution in [0.4, 0.5) is 0 Å². The maximum atomic E-state index is 12.6. The van der Waals surface area contributed by atoms with Crippen LogP contribution in [0, 0.1) is 18.3 Å². The monoisotopic (exact) mass is 349 g/mol. The lowest BCUT2D eigenvalue weighted by Gasteiger charge is -2.37. The summed E-state index contributed by atoms with van der Waals surface area (Å²) in [7, 11) is 1.63. The van der Waals surface area contributed by atoms with Crippen LogP contribution in [0.2, 0.25) is 0 Å². The van der Waals surface area contributed by atoms with Crippen LogP contribution in [-0.4, -0.2) is 49.0 Å². The summed E-state index contributed by atoms with van der Waals surface area (Å²) in [4.78, 5) is 16.6. The van der Waals surface area contributed by atoms with E-state index in [9.17, 15) is 10.1 Å². The molecule has 0 saturated carbocycles. The summed E-state index contributed by atoms with van der Waals surface area (Å²) < 4.78 is 5.18. The molecule has 3 rings (SSSR count). The summed E-state index contributed by atoms with van der Waals surface area (Å²) in [5.41, 5.74) is 2.81. The van der Waals surface area contributed by atoms with Gasteiger partial charge in [-0.3, -0.25) is 9.69 Å². The van der Waals surface area contributed by atoms with Crippen LogP contribution in [0.15, 0.2) is 48.5 Å². The fraction of sp³-hybridized carbons (Fsp3) is 0.333. The van der Waals surface area contributed by atoms with Gasteiger partial charge in [-0.2, -0.15) is 5.26 Å². The number of methoxy groups -OCH3 is 1. The number of hydrogen-bond donors (Lipinski definition) is 0. The maximum Gasteiger partial charge on any atom is 0.253 e. The Kier molecular flexibility index (Phi) is 5.55. The molecule has 1 atom stereocenters. The number of ether oxygens (including phenoxy) is 1. The van der Waals surface area contributed by atoms with Gasteiger partial charge in [0, 0.05) is 31.7 Å². The van der Waals surface area contributed by atoms with E-state index in [0.29, 0.717) is 26.2 Å². The van der Waals surface area contributed by atoms with Crippen molar-refractivity contribution in [1.82, 2.24) is 9.80 Å². The number of amides is 1. The fourth-order valence-electron chi connectivity index (χ4n) is 3.22. The van der Waals surface area contributed by atoms with E-state index in [-0.39, 0.29) is 11.9 Å². The highest BCUT2D eigenvalue weighted by Gasteiger charge is 2.27. The molecule has 0 aliphatic carbocycles. The average molecular weight is 349 g/mol. The Morgan fingerprint density at radius 2 is 1.65 bits per heavy atom. The van der Waals surface area contributed by atoms with Gasteiger partial charge in [-0.05, 0) is 36.8 Å². The summed E-state index contributed by atoms with van der Waals surface area (Å²) in [5, 5.41) is 9.63. The van der Waals surface area contributed by atoms with Gasteiger partial charge in [-0.1, -0.05) is 29.8 Å². The number of nitriles is 1. The van der Waals surface area contributed by atoms with Gasteiger partial charge in [-0.25, -0.2) is 0 Å². The summed E-state index contributed by atoms with van der Waals surface area (Å²) in [6, 6.07) is 17.3. The van der Waals surface area contributed by atoms with Crippen LogP contribution >= 0.6 is 0 Å². The first-order chi connectivity index (χ1) is 12.6. The third-order valence-corrected chi connectivity index (χ3v) is 4.82. The highest BCUT2D eigenvalue weighted by molar-refractivity contribution is 5.94. The van der Waals surface area contributed by atoms with E-state index in [2.05, 4.69) is 11.0 Å². The van der Waals surface area contributed by atoms with Crippen LogP contribution in [0.25, 0.3) is 0 Å². The van der Waals surface area contributed by atoms with E-state index in [0.717, 1.165) is 22.4 Å². The quantitative estimate of drug-likeness (QED) is 0.851. The number of piperazine rings is 1. The zero-order valence-electron chi connectivity index (χ0n) is 15.2. The zero-order valence-corrected chi connectivity index (χ0v) is 15.2. The molecule has 0 N–H and O–H groups in total. The van der Waals surface area contributed by atoms with E-state index >= 15 is 0 Å². The number of benzene rings is 2. The van der Waals surface area contributed by atoms with Crippen molar-refractivity contribution in [3.05, 3.63) is 65.2 Å². The first-order valence-corrected chi connectivity index (χ1v) is 8.76. The molecular formula is C21H23N3O2. The SMILES string of the molecule is COc1ccc(C(C#N)N2CCN(C(=O)c3ccc(C)cc3)CC2)cc1. The lowest BCUT2D eigenvalue weighted by atomic mass is 10.0. The minimum atomic E-state index is -0.308. The number of aryl methyl sites for hydroxylation is 1. The minimum absolute atomic E-state index is 0.0580. The molecule has 1 amide bonds. The van der Waals surface area contributed by atoms with Crippen LogP contribution in [0.1, 0.15) is 27.5 Å². The Balaban J connectivity index is 1.63. The molecule has 1 heterocycles. The summed E-state index contributed by atoms with van der Waals surface area (Å²) in [6.45, 7) is 4.63. The lowest BCUT2D eigenvalue weighted by molar-refractivity contribution is 0.0606. The molecule has 1 saturated heterocycles. The van der Waals surface area contributed by atoms with Crippen molar-refractivity contribution in [2.24, 2.45) is 0 Å². The number of carbonyl (C=O) groups excluding carboxylic acids is 1.